The molecule has 1 aromatic carbocycles. The summed E-state index contributed by atoms with van der Waals surface area (Å²) in [4.78, 5) is 27.3. The van der Waals surface area contributed by atoms with Gasteiger partial charge in [-0.1, -0.05) is 23.7 Å². The summed E-state index contributed by atoms with van der Waals surface area (Å²) < 4.78 is 0. The van der Waals surface area contributed by atoms with E-state index in [0.29, 0.717) is 18.4 Å². The first kappa shape index (κ1) is 21.8. The van der Waals surface area contributed by atoms with E-state index in [-0.39, 0.29) is 5.78 Å². The fourth-order valence-corrected chi connectivity index (χ4v) is 5.24. The minimum Gasteiger partial charge on any atom is -0.294 e. The maximum absolute atomic E-state index is 12.5. The smallest absolute Gasteiger partial charge is 0.164 e. The zero-order valence-electron chi connectivity index (χ0n) is 17.4. The molecule has 4 aromatic rings. The first-order chi connectivity index (χ1) is 15.0. The van der Waals surface area contributed by atoms with Gasteiger partial charge in [-0.3, -0.25) is 9.78 Å². The SMILES string of the molecule is Cc1nc(C)c(-c2csc(Cc3ccc(C(=O)CCCc4ccc(Cl)cc4)cn3)n2)s1. The molecule has 158 valence electrons. The second-order valence-electron chi connectivity index (χ2n) is 7.39. The summed E-state index contributed by atoms with van der Waals surface area (Å²) in [5.41, 5.74) is 4.77. The minimum atomic E-state index is 0.126. The van der Waals surface area contributed by atoms with Gasteiger partial charge in [-0.15, -0.1) is 22.7 Å². The number of rotatable bonds is 8. The van der Waals surface area contributed by atoms with E-state index < -0.39 is 0 Å². The first-order valence-electron chi connectivity index (χ1n) is 10.1. The highest BCUT2D eigenvalue weighted by atomic mass is 35.5. The fourth-order valence-electron chi connectivity index (χ4n) is 3.36. The van der Waals surface area contributed by atoms with Crippen molar-refractivity contribution in [2.75, 3.05) is 0 Å². The van der Waals surface area contributed by atoms with E-state index in [9.17, 15) is 4.79 Å². The Kier molecular flexibility index (Phi) is 6.90. The molecular formula is C24H22ClN3OS2. The number of nitrogens with zero attached hydrogens (tertiary/aromatic N) is 3. The van der Waals surface area contributed by atoms with Crippen molar-refractivity contribution in [3.8, 4) is 10.6 Å². The maximum atomic E-state index is 12.5. The summed E-state index contributed by atoms with van der Waals surface area (Å²) in [6.07, 6.45) is 4.52. The Morgan fingerprint density at radius 1 is 1.06 bits per heavy atom. The van der Waals surface area contributed by atoms with Crippen molar-refractivity contribution in [1.29, 1.82) is 0 Å². The van der Waals surface area contributed by atoms with Crippen molar-refractivity contribution in [1.82, 2.24) is 15.0 Å². The topological polar surface area (TPSA) is 55.7 Å². The lowest BCUT2D eigenvalue weighted by Crippen LogP contribution is -2.02. The molecular weight excluding hydrogens is 446 g/mol. The van der Waals surface area contributed by atoms with Gasteiger partial charge in [0.1, 0.15) is 0 Å². The number of carbonyl (C=O) groups excluding carboxylic acids is 1. The van der Waals surface area contributed by atoms with E-state index in [2.05, 4.69) is 15.3 Å². The van der Waals surface area contributed by atoms with Gasteiger partial charge >= 0.3 is 0 Å². The zero-order valence-corrected chi connectivity index (χ0v) is 19.8. The number of pyridine rings is 1. The monoisotopic (exact) mass is 467 g/mol. The van der Waals surface area contributed by atoms with Gasteiger partial charge in [-0.05, 0) is 56.5 Å². The van der Waals surface area contributed by atoms with E-state index in [1.165, 1.54) is 5.56 Å². The number of benzene rings is 1. The van der Waals surface area contributed by atoms with Crippen molar-refractivity contribution < 1.29 is 4.79 Å². The molecule has 0 spiro atoms. The van der Waals surface area contributed by atoms with Crippen molar-refractivity contribution in [3.05, 3.63) is 85.5 Å². The van der Waals surface area contributed by atoms with E-state index in [1.807, 2.05) is 50.2 Å². The molecule has 0 atom stereocenters. The van der Waals surface area contributed by atoms with Crippen molar-refractivity contribution in [3.63, 3.8) is 0 Å². The Morgan fingerprint density at radius 3 is 2.55 bits per heavy atom. The third-order valence-corrected chi connectivity index (χ3v) is 7.15. The summed E-state index contributed by atoms with van der Waals surface area (Å²) >= 11 is 9.21. The largest absolute Gasteiger partial charge is 0.294 e. The normalized spacial score (nSPS) is 11.1. The standard InChI is InChI=1S/C24H22ClN3OS2/c1-15-24(31-16(2)27-15)21-14-30-23(28-21)12-20-11-8-18(13-26-20)22(29)5-3-4-17-6-9-19(25)10-7-17/h6-11,13-14H,3-5,12H2,1-2H3. The molecule has 0 saturated carbocycles. The fraction of sp³-hybridized carbons (Fsp3) is 0.250. The number of hydrogen-bond acceptors (Lipinski definition) is 6. The Bertz CT molecular complexity index is 1180. The lowest BCUT2D eigenvalue weighted by atomic mass is 10.0. The summed E-state index contributed by atoms with van der Waals surface area (Å²) in [6, 6.07) is 11.6. The number of aryl methyl sites for hydroxylation is 3. The molecule has 7 heteroatoms. The number of hydrogen-bond donors (Lipinski definition) is 0. The zero-order chi connectivity index (χ0) is 21.8. The van der Waals surface area contributed by atoms with Crippen LogP contribution in [0, 0.1) is 13.8 Å². The van der Waals surface area contributed by atoms with Gasteiger partial charge in [-0.25, -0.2) is 9.97 Å². The van der Waals surface area contributed by atoms with E-state index >= 15 is 0 Å². The molecule has 3 heterocycles. The number of halogens is 1. The Labute approximate surface area is 195 Å². The lowest BCUT2D eigenvalue weighted by Gasteiger charge is -2.04. The molecule has 0 radical (unpaired) electrons. The van der Waals surface area contributed by atoms with Crippen LogP contribution in [0.3, 0.4) is 0 Å². The molecule has 0 aliphatic carbocycles. The minimum absolute atomic E-state index is 0.126. The molecule has 0 N–H and O–H groups in total. The van der Waals surface area contributed by atoms with Gasteiger partial charge in [0.15, 0.2) is 5.78 Å². The highest BCUT2D eigenvalue weighted by Crippen LogP contribution is 2.31. The van der Waals surface area contributed by atoms with Gasteiger partial charge in [0.05, 0.1) is 26.3 Å². The number of carbonyl (C=O) groups is 1. The second-order valence-corrected chi connectivity index (χ2v) is 9.97. The predicted octanol–water partition coefficient (Wildman–Crippen LogP) is 6.73. The van der Waals surface area contributed by atoms with E-state index in [0.717, 1.165) is 49.8 Å². The predicted molar refractivity (Wildman–Crippen MR) is 128 cm³/mol. The van der Waals surface area contributed by atoms with Crippen LogP contribution in [-0.4, -0.2) is 20.7 Å². The Hall–Kier alpha value is -2.41. The maximum Gasteiger partial charge on any atom is 0.164 e. The van der Waals surface area contributed by atoms with E-state index in [4.69, 9.17) is 16.6 Å². The van der Waals surface area contributed by atoms with Crippen LogP contribution in [0.15, 0.2) is 48.0 Å². The van der Waals surface area contributed by atoms with Gasteiger partial charge < -0.3 is 0 Å². The van der Waals surface area contributed by atoms with Crippen molar-refractivity contribution in [2.24, 2.45) is 0 Å². The third kappa shape index (κ3) is 5.64. The number of thiazole rings is 2. The summed E-state index contributed by atoms with van der Waals surface area (Å²) in [5.74, 6) is 0.126. The number of aromatic nitrogens is 3. The molecule has 4 rings (SSSR count). The highest BCUT2D eigenvalue weighted by Gasteiger charge is 2.13. The molecule has 0 saturated heterocycles. The average Bonchev–Trinajstić information content (AvgIpc) is 3.35. The third-order valence-electron chi connectivity index (χ3n) is 4.95. The van der Waals surface area contributed by atoms with Crippen LogP contribution in [0.5, 0.6) is 0 Å². The molecule has 0 aliphatic rings. The first-order valence-corrected chi connectivity index (χ1v) is 12.2. The molecule has 4 nitrogen and oxygen atoms in total. The molecule has 0 unspecified atom stereocenters. The van der Waals surface area contributed by atoms with Gasteiger partial charge in [0, 0.05) is 40.7 Å². The summed E-state index contributed by atoms with van der Waals surface area (Å²) in [5, 5.41) is 4.87. The molecule has 0 bridgehead atoms. The van der Waals surface area contributed by atoms with Gasteiger partial charge in [0.2, 0.25) is 0 Å². The van der Waals surface area contributed by atoms with Crippen LogP contribution in [0.4, 0.5) is 0 Å². The summed E-state index contributed by atoms with van der Waals surface area (Å²) in [7, 11) is 0. The van der Waals surface area contributed by atoms with Crippen LogP contribution in [-0.2, 0) is 12.8 Å². The summed E-state index contributed by atoms with van der Waals surface area (Å²) in [6.45, 7) is 4.03. The van der Waals surface area contributed by atoms with Crippen LogP contribution in [0.2, 0.25) is 5.02 Å². The average molecular weight is 468 g/mol. The molecule has 0 aliphatic heterocycles. The number of Topliss-reactive ketones (excluding diaryl/α,β-unsaturated/α-hetero) is 1. The molecule has 0 fully saturated rings. The molecule has 0 amide bonds. The van der Waals surface area contributed by atoms with Gasteiger partial charge in [-0.2, -0.15) is 0 Å². The van der Waals surface area contributed by atoms with Crippen LogP contribution in [0.25, 0.3) is 10.6 Å². The van der Waals surface area contributed by atoms with Crippen molar-refractivity contribution in [2.45, 2.75) is 39.5 Å². The van der Waals surface area contributed by atoms with Crippen LogP contribution in [0.1, 0.15) is 50.2 Å². The Morgan fingerprint density at radius 2 is 1.87 bits per heavy atom. The van der Waals surface area contributed by atoms with Gasteiger partial charge in [0.25, 0.3) is 0 Å². The number of ketones is 1. The highest BCUT2D eigenvalue weighted by molar-refractivity contribution is 7.16. The molecule has 31 heavy (non-hydrogen) atoms. The van der Waals surface area contributed by atoms with Crippen molar-refractivity contribution >= 4 is 40.1 Å². The second kappa shape index (κ2) is 9.81. The van der Waals surface area contributed by atoms with E-state index in [1.54, 1.807) is 28.9 Å². The van der Waals surface area contributed by atoms with Crippen LogP contribution >= 0.6 is 34.3 Å². The quantitative estimate of drug-likeness (QED) is 0.269. The lowest BCUT2D eigenvalue weighted by molar-refractivity contribution is 0.0980. The Balaban J connectivity index is 1.32. The van der Waals surface area contributed by atoms with Crippen LogP contribution < -0.4 is 0 Å². The molecule has 3 aromatic heterocycles.